The molecule has 0 unspecified atom stereocenters. The summed E-state index contributed by atoms with van der Waals surface area (Å²) in [5.41, 5.74) is 6.11. The number of allylic oxidation sites excluding steroid dienone is 1. The number of benzene rings is 3. The first-order valence-corrected chi connectivity index (χ1v) is 9.62. The van der Waals surface area contributed by atoms with E-state index in [-0.39, 0.29) is 5.54 Å². The largest absolute Gasteiger partial charge is 0.363 e. The molecule has 3 aromatic carbocycles. The molecule has 0 atom stereocenters. The van der Waals surface area contributed by atoms with Crippen molar-refractivity contribution in [2.75, 3.05) is 11.4 Å². The summed E-state index contributed by atoms with van der Waals surface area (Å²) in [6.07, 6.45) is 4.33. The number of hydrogen-bond acceptors (Lipinski definition) is 2. The Morgan fingerprint density at radius 3 is 2.52 bits per heavy atom. The molecular formula is C25H26N2. The minimum atomic E-state index is 0.0481. The zero-order valence-corrected chi connectivity index (χ0v) is 16.5. The molecule has 2 heteroatoms. The number of fused-ring (bicyclic) bond motifs is 2. The number of rotatable bonds is 3. The number of hydrogen-bond donors (Lipinski definition) is 0. The van der Waals surface area contributed by atoms with E-state index < -0.39 is 0 Å². The van der Waals surface area contributed by atoms with Crippen LogP contribution >= 0.6 is 0 Å². The Kier molecular flexibility index (Phi) is 4.35. The number of nitrogens with zero attached hydrogens (tertiary/aromatic N) is 2. The molecule has 1 aliphatic heterocycles. The molecule has 0 N–H and O–H groups in total. The van der Waals surface area contributed by atoms with Crippen molar-refractivity contribution < 1.29 is 0 Å². The Hall–Kier alpha value is -2.87. The Morgan fingerprint density at radius 1 is 0.963 bits per heavy atom. The maximum atomic E-state index is 4.71. The molecule has 0 amide bonds. The molecule has 0 fully saturated rings. The van der Waals surface area contributed by atoms with Crippen LogP contribution in [0.2, 0.25) is 0 Å². The Balaban J connectivity index is 1.67. The minimum Gasteiger partial charge on any atom is -0.363 e. The first kappa shape index (κ1) is 17.5. The van der Waals surface area contributed by atoms with Crippen LogP contribution in [0.1, 0.15) is 38.8 Å². The van der Waals surface area contributed by atoms with Gasteiger partial charge in [-0.25, -0.2) is 0 Å². The standard InChI is InChI=1S/C25H26N2/c1-5-27-24-13-10-19(14-23(24)18(2)16-25(27,3)4)17-26-22-12-11-20-8-6-7-9-21(20)15-22/h6-17H,5H2,1-4H3. The highest BCUT2D eigenvalue weighted by molar-refractivity contribution is 5.90. The van der Waals surface area contributed by atoms with E-state index in [4.69, 9.17) is 4.99 Å². The predicted molar refractivity (Wildman–Crippen MR) is 118 cm³/mol. The van der Waals surface area contributed by atoms with E-state index in [1.54, 1.807) is 0 Å². The molecule has 2 nitrogen and oxygen atoms in total. The second kappa shape index (κ2) is 6.70. The monoisotopic (exact) mass is 354 g/mol. The SMILES string of the molecule is CCN1c2ccc(C=Nc3ccc4ccccc4c3)cc2C(C)=CC1(C)C. The van der Waals surface area contributed by atoms with Crippen LogP contribution in [0.5, 0.6) is 0 Å². The van der Waals surface area contributed by atoms with Gasteiger partial charge in [0.05, 0.1) is 11.2 Å². The van der Waals surface area contributed by atoms with Gasteiger partial charge in [-0.15, -0.1) is 0 Å². The third kappa shape index (κ3) is 3.28. The molecule has 0 aromatic heterocycles. The van der Waals surface area contributed by atoms with Gasteiger partial charge < -0.3 is 4.90 Å². The van der Waals surface area contributed by atoms with Crippen LogP contribution in [0.15, 0.2) is 71.7 Å². The molecule has 0 bridgehead atoms. The van der Waals surface area contributed by atoms with E-state index >= 15 is 0 Å². The van der Waals surface area contributed by atoms with Gasteiger partial charge in [-0.2, -0.15) is 0 Å². The Labute approximate surface area is 161 Å². The fourth-order valence-corrected chi connectivity index (χ4v) is 4.17. The fourth-order valence-electron chi connectivity index (χ4n) is 4.17. The average Bonchev–Trinajstić information content (AvgIpc) is 2.66. The maximum absolute atomic E-state index is 4.71. The van der Waals surface area contributed by atoms with Crippen molar-refractivity contribution >= 4 is 33.9 Å². The van der Waals surface area contributed by atoms with E-state index in [0.29, 0.717) is 0 Å². The van der Waals surface area contributed by atoms with Crippen LogP contribution in [0.25, 0.3) is 16.3 Å². The van der Waals surface area contributed by atoms with Crippen LogP contribution in [-0.2, 0) is 0 Å². The lowest BCUT2D eigenvalue weighted by atomic mass is 9.88. The van der Waals surface area contributed by atoms with Crippen molar-refractivity contribution in [2.45, 2.75) is 33.2 Å². The van der Waals surface area contributed by atoms with E-state index in [0.717, 1.165) is 17.8 Å². The first-order valence-electron chi connectivity index (χ1n) is 9.62. The van der Waals surface area contributed by atoms with Crippen molar-refractivity contribution in [2.24, 2.45) is 4.99 Å². The average molecular weight is 354 g/mol. The lowest BCUT2D eigenvalue weighted by Gasteiger charge is -2.42. The van der Waals surface area contributed by atoms with Crippen LogP contribution in [0.4, 0.5) is 11.4 Å². The quantitative estimate of drug-likeness (QED) is 0.483. The van der Waals surface area contributed by atoms with E-state index in [2.05, 4.69) is 99.3 Å². The van der Waals surface area contributed by atoms with E-state index in [9.17, 15) is 0 Å². The maximum Gasteiger partial charge on any atom is 0.0636 e. The lowest BCUT2D eigenvalue weighted by molar-refractivity contribution is 0.566. The molecule has 0 saturated heterocycles. The first-order chi connectivity index (χ1) is 13.0. The van der Waals surface area contributed by atoms with Gasteiger partial charge in [0, 0.05) is 24.0 Å². The minimum absolute atomic E-state index is 0.0481. The molecule has 4 rings (SSSR count). The molecule has 1 heterocycles. The molecule has 3 aromatic rings. The van der Waals surface area contributed by atoms with Crippen LogP contribution in [0.3, 0.4) is 0 Å². The van der Waals surface area contributed by atoms with Gasteiger partial charge in [-0.1, -0.05) is 42.5 Å². The Morgan fingerprint density at radius 2 is 1.74 bits per heavy atom. The highest BCUT2D eigenvalue weighted by atomic mass is 15.2. The number of likely N-dealkylation sites (N-methyl/N-ethyl adjacent to an activating group) is 1. The third-order valence-electron chi connectivity index (χ3n) is 5.41. The summed E-state index contributed by atoms with van der Waals surface area (Å²) < 4.78 is 0. The van der Waals surface area contributed by atoms with Gasteiger partial charge in [0.2, 0.25) is 0 Å². The predicted octanol–water partition coefficient (Wildman–Crippen LogP) is 6.61. The number of aliphatic imine (C=N–C) groups is 1. The molecule has 27 heavy (non-hydrogen) atoms. The molecule has 0 spiro atoms. The molecular weight excluding hydrogens is 328 g/mol. The third-order valence-corrected chi connectivity index (χ3v) is 5.41. The summed E-state index contributed by atoms with van der Waals surface area (Å²) in [6.45, 7) is 9.97. The number of anilines is 1. The van der Waals surface area contributed by atoms with Gasteiger partial charge >= 0.3 is 0 Å². The van der Waals surface area contributed by atoms with Crippen molar-refractivity contribution in [3.05, 3.63) is 77.9 Å². The smallest absolute Gasteiger partial charge is 0.0636 e. The van der Waals surface area contributed by atoms with Crippen LogP contribution in [0, 0.1) is 0 Å². The molecule has 0 aliphatic carbocycles. The van der Waals surface area contributed by atoms with Crippen molar-refractivity contribution in [1.82, 2.24) is 0 Å². The van der Waals surface area contributed by atoms with Gasteiger partial charge in [0.1, 0.15) is 0 Å². The normalized spacial score (nSPS) is 15.9. The second-order valence-electron chi connectivity index (χ2n) is 7.79. The van der Waals surface area contributed by atoms with Gasteiger partial charge in [0.25, 0.3) is 0 Å². The van der Waals surface area contributed by atoms with Crippen molar-refractivity contribution in [1.29, 1.82) is 0 Å². The summed E-state index contributed by atoms with van der Waals surface area (Å²) in [7, 11) is 0. The summed E-state index contributed by atoms with van der Waals surface area (Å²) in [5, 5.41) is 2.46. The fraction of sp³-hybridized carbons (Fsp3) is 0.240. The zero-order valence-electron chi connectivity index (χ0n) is 16.5. The van der Waals surface area contributed by atoms with Crippen LogP contribution in [-0.4, -0.2) is 18.3 Å². The Bertz CT molecular complexity index is 1060. The summed E-state index contributed by atoms with van der Waals surface area (Å²) in [5.74, 6) is 0. The molecule has 1 aliphatic rings. The van der Waals surface area contributed by atoms with Gasteiger partial charge in [0.15, 0.2) is 0 Å². The summed E-state index contributed by atoms with van der Waals surface area (Å²) >= 11 is 0. The zero-order chi connectivity index (χ0) is 19.0. The molecule has 0 radical (unpaired) electrons. The van der Waals surface area contributed by atoms with Crippen molar-refractivity contribution in [3.8, 4) is 0 Å². The summed E-state index contributed by atoms with van der Waals surface area (Å²) in [4.78, 5) is 7.17. The van der Waals surface area contributed by atoms with Gasteiger partial charge in [-0.3, -0.25) is 4.99 Å². The topological polar surface area (TPSA) is 15.6 Å². The van der Waals surface area contributed by atoms with Crippen molar-refractivity contribution in [3.63, 3.8) is 0 Å². The van der Waals surface area contributed by atoms with Gasteiger partial charge in [-0.05, 0) is 73.9 Å². The van der Waals surface area contributed by atoms with E-state index in [1.807, 2.05) is 6.21 Å². The lowest BCUT2D eigenvalue weighted by Crippen LogP contribution is -2.44. The molecule has 0 saturated carbocycles. The summed E-state index contributed by atoms with van der Waals surface area (Å²) in [6, 6.07) is 21.4. The second-order valence-corrected chi connectivity index (χ2v) is 7.79. The van der Waals surface area contributed by atoms with E-state index in [1.165, 1.54) is 27.6 Å². The van der Waals surface area contributed by atoms with Crippen LogP contribution < -0.4 is 4.90 Å². The highest BCUT2D eigenvalue weighted by Gasteiger charge is 2.29. The highest BCUT2D eigenvalue weighted by Crippen LogP contribution is 2.38. The molecule has 136 valence electrons.